The number of benzene rings is 2. The summed E-state index contributed by atoms with van der Waals surface area (Å²) in [5.74, 6) is 3.07. The number of nitrogens with zero attached hydrogens (tertiary/aromatic N) is 4. The van der Waals surface area contributed by atoms with Gasteiger partial charge in [-0.2, -0.15) is 0 Å². The highest BCUT2D eigenvalue weighted by Gasteiger charge is 2.20. The van der Waals surface area contributed by atoms with Gasteiger partial charge in [-0.1, -0.05) is 19.1 Å². The van der Waals surface area contributed by atoms with Crippen molar-refractivity contribution in [2.45, 2.75) is 26.2 Å². The quantitative estimate of drug-likeness (QED) is 0.274. The molecule has 1 aliphatic heterocycles. The van der Waals surface area contributed by atoms with Crippen LogP contribution in [0.3, 0.4) is 0 Å². The molecule has 0 unspecified atom stereocenters. The van der Waals surface area contributed by atoms with E-state index in [2.05, 4.69) is 46.4 Å². The van der Waals surface area contributed by atoms with E-state index in [1.807, 2.05) is 24.3 Å². The molecule has 1 aliphatic rings. The fraction of sp³-hybridized carbons (Fsp3) is 0.367. The van der Waals surface area contributed by atoms with Gasteiger partial charge in [-0.05, 0) is 48.7 Å². The summed E-state index contributed by atoms with van der Waals surface area (Å²) in [7, 11) is 3.26. The summed E-state index contributed by atoms with van der Waals surface area (Å²) in [5.41, 5.74) is 4.37. The van der Waals surface area contributed by atoms with E-state index >= 15 is 0 Å². The van der Waals surface area contributed by atoms with Crippen molar-refractivity contribution in [2.24, 2.45) is 0 Å². The molecule has 204 valence electrons. The first kappa shape index (κ1) is 26.6. The SMILES string of the molecule is CCCc1nc(-c2cc(OC)cc(OC)c2)c(-c2ccnc(Nc3ccc(CCN4CCOCC4)cc3)n2)o1. The number of hydrogen-bond donors (Lipinski definition) is 1. The molecule has 0 atom stereocenters. The number of ether oxygens (including phenoxy) is 3. The van der Waals surface area contributed by atoms with Crippen LogP contribution >= 0.6 is 0 Å². The van der Waals surface area contributed by atoms with E-state index in [1.165, 1.54) is 5.56 Å². The highest BCUT2D eigenvalue weighted by atomic mass is 16.5. The van der Waals surface area contributed by atoms with Crippen LogP contribution < -0.4 is 14.8 Å². The predicted octanol–water partition coefficient (Wildman–Crippen LogP) is 5.39. The van der Waals surface area contributed by atoms with Gasteiger partial charge in [0.2, 0.25) is 5.95 Å². The summed E-state index contributed by atoms with van der Waals surface area (Å²) in [5, 5.41) is 3.32. The van der Waals surface area contributed by atoms with Crippen LogP contribution in [0.2, 0.25) is 0 Å². The van der Waals surface area contributed by atoms with Gasteiger partial charge in [-0.3, -0.25) is 4.90 Å². The first-order valence-electron chi connectivity index (χ1n) is 13.4. The van der Waals surface area contributed by atoms with Crippen LogP contribution in [0.25, 0.3) is 22.7 Å². The molecule has 0 saturated carbocycles. The molecular weight excluding hydrogens is 494 g/mol. The minimum absolute atomic E-state index is 0.483. The average Bonchev–Trinajstić information content (AvgIpc) is 3.41. The Labute approximate surface area is 229 Å². The number of methoxy groups -OCH3 is 2. The Kier molecular flexibility index (Phi) is 8.70. The second kappa shape index (κ2) is 12.7. The van der Waals surface area contributed by atoms with Gasteiger partial charge in [-0.15, -0.1) is 0 Å². The number of morpholine rings is 1. The smallest absolute Gasteiger partial charge is 0.227 e. The van der Waals surface area contributed by atoms with Gasteiger partial charge in [0, 0.05) is 49.6 Å². The highest BCUT2D eigenvalue weighted by Crippen LogP contribution is 2.36. The third kappa shape index (κ3) is 6.74. The van der Waals surface area contributed by atoms with E-state index in [-0.39, 0.29) is 0 Å². The molecule has 3 heterocycles. The molecule has 4 aromatic rings. The second-order valence-electron chi connectivity index (χ2n) is 9.43. The molecule has 9 nitrogen and oxygen atoms in total. The first-order chi connectivity index (χ1) is 19.1. The maximum atomic E-state index is 6.22. The summed E-state index contributed by atoms with van der Waals surface area (Å²) in [6.45, 7) is 6.80. The molecule has 2 aromatic heterocycles. The van der Waals surface area contributed by atoms with Crippen molar-refractivity contribution >= 4 is 11.6 Å². The van der Waals surface area contributed by atoms with Crippen molar-refractivity contribution in [2.75, 3.05) is 52.4 Å². The number of aryl methyl sites for hydroxylation is 1. The number of oxazole rings is 1. The Morgan fingerprint density at radius 2 is 1.67 bits per heavy atom. The van der Waals surface area contributed by atoms with Crippen LogP contribution in [0.15, 0.2) is 59.1 Å². The zero-order valence-electron chi connectivity index (χ0n) is 22.8. The van der Waals surface area contributed by atoms with Crippen LogP contribution in [0.5, 0.6) is 11.5 Å². The van der Waals surface area contributed by atoms with Gasteiger partial charge in [0.15, 0.2) is 11.7 Å². The Bertz CT molecular complexity index is 1340. The van der Waals surface area contributed by atoms with E-state index in [1.54, 1.807) is 20.4 Å². The lowest BCUT2D eigenvalue weighted by Gasteiger charge is -2.26. The minimum Gasteiger partial charge on any atom is -0.497 e. The topological polar surface area (TPSA) is 94.8 Å². The molecule has 0 radical (unpaired) electrons. The molecule has 0 aliphatic carbocycles. The monoisotopic (exact) mass is 529 g/mol. The normalized spacial score (nSPS) is 13.8. The third-order valence-electron chi connectivity index (χ3n) is 6.68. The zero-order chi connectivity index (χ0) is 27.0. The number of rotatable bonds is 11. The van der Waals surface area contributed by atoms with E-state index in [4.69, 9.17) is 28.6 Å². The average molecular weight is 530 g/mol. The summed E-state index contributed by atoms with van der Waals surface area (Å²) in [6, 6.07) is 15.9. The van der Waals surface area contributed by atoms with Crippen LogP contribution in [0.1, 0.15) is 24.8 Å². The maximum absolute atomic E-state index is 6.22. The summed E-state index contributed by atoms with van der Waals surface area (Å²) >= 11 is 0. The van der Waals surface area contributed by atoms with Crippen molar-refractivity contribution in [3.63, 3.8) is 0 Å². The van der Waals surface area contributed by atoms with E-state index in [0.29, 0.717) is 40.5 Å². The third-order valence-corrected chi connectivity index (χ3v) is 6.68. The molecule has 5 rings (SSSR count). The van der Waals surface area contributed by atoms with Gasteiger partial charge in [-0.25, -0.2) is 15.0 Å². The Hall–Kier alpha value is -3.95. The van der Waals surface area contributed by atoms with Crippen LogP contribution in [0.4, 0.5) is 11.6 Å². The molecule has 1 fully saturated rings. The van der Waals surface area contributed by atoms with E-state index in [9.17, 15) is 0 Å². The lowest BCUT2D eigenvalue weighted by Crippen LogP contribution is -2.37. The van der Waals surface area contributed by atoms with Crippen molar-refractivity contribution in [1.82, 2.24) is 19.9 Å². The van der Waals surface area contributed by atoms with Gasteiger partial charge >= 0.3 is 0 Å². The van der Waals surface area contributed by atoms with E-state index < -0.39 is 0 Å². The van der Waals surface area contributed by atoms with Crippen molar-refractivity contribution in [1.29, 1.82) is 0 Å². The molecule has 39 heavy (non-hydrogen) atoms. The molecule has 9 heteroatoms. The fourth-order valence-electron chi connectivity index (χ4n) is 4.54. The lowest BCUT2D eigenvalue weighted by atomic mass is 10.1. The van der Waals surface area contributed by atoms with Gasteiger partial charge in [0.05, 0.1) is 27.4 Å². The molecule has 0 spiro atoms. The number of anilines is 2. The molecular formula is C30H35N5O4. The Morgan fingerprint density at radius 1 is 0.923 bits per heavy atom. The zero-order valence-corrected chi connectivity index (χ0v) is 22.8. The molecule has 2 aromatic carbocycles. The number of aromatic nitrogens is 3. The standard InChI is InChI=1S/C30H35N5O4/c1-4-5-27-34-28(22-18-24(36-2)20-25(19-22)37-3)29(39-27)26-10-12-31-30(33-26)32-23-8-6-21(7-9-23)11-13-35-14-16-38-17-15-35/h6-10,12,18-20H,4-5,11,13-17H2,1-3H3,(H,31,32,33). The van der Waals surface area contributed by atoms with Crippen molar-refractivity contribution < 1.29 is 18.6 Å². The van der Waals surface area contributed by atoms with Crippen molar-refractivity contribution in [3.8, 4) is 34.2 Å². The molecule has 0 bridgehead atoms. The second-order valence-corrected chi connectivity index (χ2v) is 9.43. The Morgan fingerprint density at radius 3 is 2.36 bits per heavy atom. The molecule has 1 saturated heterocycles. The highest BCUT2D eigenvalue weighted by molar-refractivity contribution is 5.77. The van der Waals surface area contributed by atoms with E-state index in [0.717, 1.165) is 63.4 Å². The Balaban J connectivity index is 1.36. The van der Waals surface area contributed by atoms with Gasteiger partial charge < -0.3 is 23.9 Å². The first-order valence-corrected chi connectivity index (χ1v) is 13.4. The van der Waals surface area contributed by atoms with Gasteiger partial charge in [0.1, 0.15) is 22.9 Å². The van der Waals surface area contributed by atoms with Crippen LogP contribution in [0, 0.1) is 0 Å². The lowest BCUT2D eigenvalue weighted by molar-refractivity contribution is 0.0384. The van der Waals surface area contributed by atoms with Gasteiger partial charge in [0.25, 0.3) is 0 Å². The van der Waals surface area contributed by atoms with Crippen LogP contribution in [-0.4, -0.2) is 66.9 Å². The molecule has 1 N–H and O–H groups in total. The van der Waals surface area contributed by atoms with Crippen LogP contribution in [-0.2, 0) is 17.6 Å². The summed E-state index contributed by atoms with van der Waals surface area (Å²) in [6.07, 6.45) is 4.37. The molecule has 0 amide bonds. The van der Waals surface area contributed by atoms with Crippen molar-refractivity contribution in [3.05, 3.63) is 66.2 Å². The minimum atomic E-state index is 0.483. The number of nitrogens with one attached hydrogen (secondary N) is 1. The number of hydrogen-bond acceptors (Lipinski definition) is 9. The summed E-state index contributed by atoms with van der Waals surface area (Å²) < 4.78 is 22.6. The maximum Gasteiger partial charge on any atom is 0.227 e. The fourth-order valence-corrected chi connectivity index (χ4v) is 4.54. The largest absolute Gasteiger partial charge is 0.497 e. The predicted molar refractivity (Wildman–Crippen MR) is 151 cm³/mol. The summed E-state index contributed by atoms with van der Waals surface area (Å²) in [4.78, 5) is 16.5.